The standard InChI is InChI=1S/C8H15NO5S/c1-15(12,13)14-6-7-4-2-3-5-9(7)8(10)11/h7H,2-6H2,1H3,(H,10,11). The van der Waals surface area contributed by atoms with Crippen molar-refractivity contribution in [2.45, 2.75) is 25.3 Å². The molecule has 88 valence electrons. The second-order valence-corrected chi connectivity index (χ2v) is 5.26. The van der Waals surface area contributed by atoms with Gasteiger partial charge in [0, 0.05) is 6.54 Å². The minimum absolute atomic E-state index is 0.0782. The number of carboxylic acid groups (broad SMARTS) is 1. The van der Waals surface area contributed by atoms with Gasteiger partial charge in [-0.1, -0.05) is 0 Å². The molecule has 15 heavy (non-hydrogen) atoms. The lowest BCUT2D eigenvalue weighted by atomic mass is 10.0. The maximum absolute atomic E-state index is 10.8. The highest BCUT2D eigenvalue weighted by Gasteiger charge is 2.27. The summed E-state index contributed by atoms with van der Waals surface area (Å²) in [6.45, 7) is 0.373. The van der Waals surface area contributed by atoms with Gasteiger partial charge in [-0.3, -0.25) is 4.18 Å². The van der Waals surface area contributed by atoms with Crippen molar-refractivity contribution < 1.29 is 22.5 Å². The van der Waals surface area contributed by atoms with Crippen molar-refractivity contribution in [1.29, 1.82) is 0 Å². The van der Waals surface area contributed by atoms with Crippen molar-refractivity contribution in [2.75, 3.05) is 19.4 Å². The van der Waals surface area contributed by atoms with Crippen LogP contribution < -0.4 is 0 Å². The number of carbonyl (C=O) groups is 1. The number of amides is 1. The summed E-state index contributed by atoms with van der Waals surface area (Å²) in [5.41, 5.74) is 0. The normalized spacial score (nSPS) is 22.7. The SMILES string of the molecule is CS(=O)(=O)OCC1CCCCN1C(=O)O. The summed E-state index contributed by atoms with van der Waals surface area (Å²) in [6, 6.07) is -0.342. The van der Waals surface area contributed by atoms with E-state index in [9.17, 15) is 13.2 Å². The lowest BCUT2D eigenvalue weighted by Crippen LogP contribution is -2.45. The summed E-state index contributed by atoms with van der Waals surface area (Å²) in [6.07, 6.45) is 2.32. The second kappa shape index (κ2) is 4.80. The monoisotopic (exact) mass is 237 g/mol. The molecule has 1 atom stereocenters. The molecule has 1 heterocycles. The Balaban J connectivity index is 2.54. The van der Waals surface area contributed by atoms with E-state index < -0.39 is 16.2 Å². The van der Waals surface area contributed by atoms with Gasteiger partial charge in [0.2, 0.25) is 0 Å². The maximum atomic E-state index is 10.8. The molecule has 1 N–H and O–H groups in total. The zero-order valence-corrected chi connectivity index (χ0v) is 9.37. The van der Waals surface area contributed by atoms with Crippen molar-refractivity contribution in [1.82, 2.24) is 4.90 Å². The average Bonchev–Trinajstić information content (AvgIpc) is 2.14. The first-order valence-electron chi connectivity index (χ1n) is 4.74. The zero-order chi connectivity index (χ0) is 11.5. The number of piperidine rings is 1. The fourth-order valence-corrected chi connectivity index (χ4v) is 2.03. The Morgan fingerprint density at radius 1 is 1.53 bits per heavy atom. The first kappa shape index (κ1) is 12.3. The highest BCUT2D eigenvalue weighted by Crippen LogP contribution is 2.17. The largest absolute Gasteiger partial charge is 0.465 e. The maximum Gasteiger partial charge on any atom is 0.407 e. The molecule has 0 aromatic carbocycles. The molecule has 0 aromatic heterocycles. The third-order valence-corrected chi connectivity index (χ3v) is 2.91. The average molecular weight is 237 g/mol. The lowest BCUT2D eigenvalue weighted by molar-refractivity contribution is 0.0852. The first-order chi connectivity index (χ1) is 6.90. The van der Waals surface area contributed by atoms with Gasteiger partial charge in [-0.2, -0.15) is 8.42 Å². The van der Waals surface area contributed by atoms with Crippen LogP contribution in [0.2, 0.25) is 0 Å². The van der Waals surface area contributed by atoms with E-state index in [0.29, 0.717) is 13.0 Å². The minimum atomic E-state index is -3.49. The van der Waals surface area contributed by atoms with Crippen LogP contribution in [0.15, 0.2) is 0 Å². The molecule has 1 fully saturated rings. The van der Waals surface area contributed by atoms with Gasteiger partial charge in [0.1, 0.15) is 0 Å². The van der Waals surface area contributed by atoms with Gasteiger partial charge in [-0.15, -0.1) is 0 Å². The number of hydrogen-bond donors (Lipinski definition) is 1. The van der Waals surface area contributed by atoms with Gasteiger partial charge in [0.05, 0.1) is 18.9 Å². The molecule has 6 nitrogen and oxygen atoms in total. The Bertz CT molecular complexity index is 326. The van der Waals surface area contributed by atoms with Crippen LogP contribution in [-0.4, -0.2) is 50.0 Å². The fourth-order valence-electron chi connectivity index (χ4n) is 1.63. The number of nitrogens with zero attached hydrogens (tertiary/aromatic N) is 1. The van der Waals surface area contributed by atoms with Gasteiger partial charge in [-0.05, 0) is 19.3 Å². The summed E-state index contributed by atoms with van der Waals surface area (Å²) in [5, 5.41) is 8.86. The van der Waals surface area contributed by atoms with Crippen LogP contribution in [0.5, 0.6) is 0 Å². The first-order valence-corrected chi connectivity index (χ1v) is 6.56. The van der Waals surface area contributed by atoms with Crippen LogP contribution in [0.25, 0.3) is 0 Å². The molecule has 0 aliphatic carbocycles. The van der Waals surface area contributed by atoms with E-state index in [4.69, 9.17) is 5.11 Å². The lowest BCUT2D eigenvalue weighted by Gasteiger charge is -2.32. The molecule has 1 amide bonds. The van der Waals surface area contributed by atoms with Crippen LogP contribution in [0, 0.1) is 0 Å². The molecule has 1 aliphatic rings. The van der Waals surface area contributed by atoms with E-state index in [-0.39, 0.29) is 12.6 Å². The van der Waals surface area contributed by atoms with Crippen LogP contribution in [-0.2, 0) is 14.3 Å². The van der Waals surface area contributed by atoms with Gasteiger partial charge in [0.25, 0.3) is 10.1 Å². The van der Waals surface area contributed by atoms with E-state index in [2.05, 4.69) is 4.18 Å². The van der Waals surface area contributed by atoms with Crippen molar-refractivity contribution in [3.05, 3.63) is 0 Å². The third-order valence-electron chi connectivity index (χ3n) is 2.35. The molecule has 1 saturated heterocycles. The van der Waals surface area contributed by atoms with E-state index >= 15 is 0 Å². The number of rotatable bonds is 3. The highest BCUT2D eigenvalue weighted by molar-refractivity contribution is 7.85. The van der Waals surface area contributed by atoms with E-state index in [1.54, 1.807) is 0 Å². The molecule has 0 bridgehead atoms. The Hall–Kier alpha value is -0.820. The van der Waals surface area contributed by atoms with Gasteiger partial charge in [0.15, 0.2) is 0 Å². The Morgan fingerprint density at radius 2 is 2.20 bits per heavy atom. The smallest absolute Gasteiger partial charge is 0.407 e. The van der Waals surface area contributed by atoms with Crippen LogP contribution >= 0.6 is 0 Å². The predicted octanol–water partition coefficient (Wildman–Crippen LogP) is 0.495. The van der Waals surface area contributed by atoms with E-state index in [1.165, 1.54) is 4.90 Å². The molecule has 1 unspecified atom stereocenters. The van der Waals surface area contributed by atoms with E-state index in [1.807, 2.05) is 0 Å². The van der Waals surface area contributed by atoms with Crippen LogP contribution in [0.3, 0.4) is 0 Å². The molecule has 1 aliphatic heterocycles. The zero-order valence-electron chi connectivity index (χ0n) is 8.55. The van der Waals surface area contributed by atoms with Crippen LogP contribution in [0.4, 0.5) is 4.79 Å². The quantitative estimate of drug-likeness (QED) is 0.722. The van der Waals surface area contributed by atoms with Gasteiger partial charge >= 0.3 is 6.09 Å². The Morgan fingerprint density at radius 3 is 2.73 bits per heavy atom. The summed E-state index contributed by atoms with van der Waals surface area (Å²) in [7, 11) is -3.49. The fraction of sp³-hybridized carbons (Fsp3) is 0.875. The minimum Gasteiger partial charge on any atom is -0.465 e. The summed E-state index contributed by atoms with van der Waals surface area (Å²) in [4.78, 5) is 12.1. The van der Waals surface area contributed by atoms with Crippen molar-refractivity contribution in [3.63, 3.8) is 0 Å². The van der Waals surface area contributed by atoms with Crippen molar-refractivity contribution >= 4 is 16.2 Å². The summed E-state index contributed by atoms with van der Waals surface area (Å²) >= 11 is 0. The van der Waals surface area contributed by atoms with Crippen LogP contribution in [0.1, 0.15) is 19.3 Å². The highest BCUT2D eigenvalue weighted by atomic mass is 32.2. The second-order valence-electron chi connectivity index (χ2n) is 3.61. The van der Waals surface area contributed by atoms with E-state index in [0.717, 1.165) is 19.1 Å². The van der Waals surface area contributed by atoms with Gasteiger partial charge in [-0.25, -0.2) is 4.79 Å². The predicted molar refractivity (Wildman–Crippen MR) is 53.2 cm³/mol. The molecule has 0 radical (unpaired) electrons. The molecular weight excluding hydrogens is 222 g/mol. The summed E-state index contributed by atoms with van der Waals surface area (Å²) < 4.78 is 26.1. The molecular formula is C8H15NO5S. The van der Waals surface area contributed by atoms with Crippen molar-refractivity contribution in [3.8, 4) is 0 Å². The third kappa shape index (κ3) is 4.05. The van der Waals surface area contributed by atoms with Crippen molar-refractivity contribution in [2.24, 2.45) is 0 Å². The number of hydrogen-bond acceptors (Lipinski definition) is 4. The molecule has 7 heteroatoms. The van der Waals surface area contributed by atoms with Gasteiger partial charge < -0.3 is 10.0 Å². The summed E-state index contributed by atoms with van der Waals surface area (Å²) in [5.74, 6) is 0. The molecule has 1 rings (SSSR count). The number of likely N-dealkylation sites (tertiary alicyclic amines) is 1. The molecule has 0 spiro atoms. The Labute approximate surface area is 89.0 Å². The topological polar surface area (TPSA) is 83.9 Å². The Kier molecular flexibility index (Phi) is 3.92. The molecule has 0 aromatic rings. The molecule has 0 saturated carbocycles.